The van der Waals surface area contributed by atoms with E-state index >= 15 is 0 Å². The summed E-state index contributed by atoms with van der Waals surface area (Å²) in [6.07, 6.45) is 3.76. The Morgan fingerprint density at radius 2 is 1.94 bits per heavy atom. The van der Waals surface area contributed by atoms with Crippen molar-refractivity contribution in [3.8, 4) is 5.75 Å². The molecule has 2 aromatic rings. The zero-order valence-electron chi connectivity index (χ0n) is 19.9. The molecule has 0 fully saturated rings. The van der Waals surface area contributed by atoms with Gasteiger partial charge in [-0.25, -0.2) is 0 Å². The number of nitrogens with zero attached hydrogens (tertiary/aromatic N) is 4. The number of aliphatic hydroxyl groups excluding tert-OH is 1. The van der Waals surface area contributed by atoms with Crippen molar-refractivity contribution < 1.29 is 14.6 Å². The van der Waals surface area contributed by atoms with Gasteiger partial charge in [-0.3, -0.25) is 14.7 Å². The van der Waals surface area contributed by atoms with E-state index in [2.05, 4.69) is 23.9 Å². The lowest BCUT2D eigenvalue weighted by Crippen LogP contribution is -2.47. The molecule has 1 amide bonds. The summed E-state index contributed by atoms with van der Waals surface area (Å²) in [6, 6.07) is 9.84. The van der Waals surface area contributed by atoms with Gasteiger partial charge in [0.15, 0.2) is 0 Å². The zero-order valence-corrected chi connectivity index (χ0v) is 19.9. The zero-order chi connectivity index (χ0) is 23.3. The molecule has 1 aromatic heterocycles. The Bertz CT molecular complexity index is 890. The maximum atomic E-state index is 13.2. The lowest BCUT2D eigenvalue weighted by atomic mass is 10.0. The summed E-state index contributed by atoms with van der Waals surface area (Å²) in [5.41, 5.74) is 3.10. The minimum Gasteiger partial charge on any atom is -0.488 e. The van der Waals surface area contributed by atoms with Crippen molar-refractivity contribution in [2.75, 3.05) is 45.7 Å². The van der Waals surface area contributed by atoms with Crippen LogP contribution in [0.15, 0.2) is 42.7 Å². The molecule has 3 rings (SSSR count). The van der Waals surface area contributed by atoms with Crippen LogP contribution >= 0.6 is 0 Å². The highest BCUT2D eigenvalue weighted by atomic mass is 16.5. The van der Waals surface area contributed by atoms with Gasteiger partial charge >= 0.3 is 0 Å². The minimum atomic E-state index is -0.237. The molecular weight excluding hydrogens is 404 g/mol. The van der Waals surface area contributed by atoms with Gasteiger partial charge in [0.05, 0.1) is 19.1 Å². The molecule has 32 heavy (non-hydrogen) atoms. The van der Waals surface area contributed by atoms with E-state index in [9.17, 15) is 9.90 Å². The van der Waals surface area contributed by atoms with E-state index in [0.717, 1.165) is 23.5 Å². The van der Waals surface area contributed by atoms with Gasteiger partial charge in [0.1, 0.15) is 11.9 Å². The Hall–Kier alpha value is -2.64. The first-order valence-electron chi connectivity index (χ1n) is 11.2. The summed E-state index contributed by atoms with van der Waals surface area (Å²) in [6.45, 7) is 6.00. The van der Waals surface area contributed by atoms with Crippen molar-refractivity contribution in [3.63, 3.8) is 0 Å². The molecule has 1 aliphatic heterocycles. The van der Waals surface area contributed by atoms with E-state index in [0.29, 0.717) is 13.1 Å². The van der Waals surface area contributed by atoms with Crippen LogP contribution in [0.4, 0.5) is 5.69 Å². The topological polar surface area (TPSA) is 69.1 Å². The van der Waals surface area contributed by atoms with E-state index in [4.69, 9.17) is 4.74 Å². The molecule has 3 atom stereocenters. The normalized spacial score (nSPS) is 20.1. The van der Waals surface area contributed by atoms with Gasteiger partial charge in [0, 0.05) is 63.3 Å². The van der Waals surface area contributed by atoms with Crippen molar-refractivity contribution in [3.05, 3.63) is 53.9 Å². The van der Waals surface area contributed by atoms with Crippen LogP contribution in [-0.4, -0.2) is 78.8 Å². The molecule has 7 heteroatoms. The number of anilines is 1. The fraction of sp³-hybridized carbons (Fsp3) is 0.520. The molecule has 1 aliphatic rings. The average Bonchev–Trinajstić information content (AvgIpc) is 2.81. The number of benzene rings is 1. The fourth-order valence-corrected chi connectivity index (χ4v) is 4.08. The summed E-state index contributed by atoms with van der Waals surface area (Å²) in [5, 5.41) is 9.77. The number of carbonyl (C=O) groups is 1. The number of fused-ring (bicyclic) bond motifs is 1. The van der Waals surface area contributed by atoms with E-state index < -0.39 is 0 Å². The second kappa shape index (κ2) is 10.8. The van der Waals surface area contributed by atoms with E-state index in [1.165, 1.54) is 5.56 Å². The Morgan fingerprint density at radius 1 is 1.22 bits per heavy atom. The van der Waals surface area contributed by atoms with Crippen LogP contribution < -0.4 is 9.64 Å². The summed E-state index contributed by atoms with van der Waals surface area (Å²) in [7, 11) is 6.05. The van der Waals surface area contributed by atoms with Gasteiger partial charge in [-0.1, -0.05) is 6.92 Å². The lowest BCUT2D eigenvalue weighted by molar-refractivity contribution is -0.134. The van der Waals surface area contributed by atoms with Crippen molar-refractivity contribution in [2.24, 2.45) is 5.92 Å². The van der Waals surface area contributed by atoms with Crippen LogP contribution in [0, 0.1) is 5.92 Å². The van der Waals surface area contributed by atoms with Gasteiger partial charge in [0.25, 0.3) is 0 Å². The molecule has 0 unspecified atom stereocenters. The van der Waals surface area contributed by atoms with Crippen LogP contribution in [0.1, 0.15) is 25.0 Å². The number of rotatable bonds is 7. The van der Waals surface area contributed by atoms with E-state index in [1.54, 1.807) is 17.3 Å². The number of aliphatic hydroxyl groups is 1. The molecule has 1 N–H and O–H groups in total. The third kappa shape index (κ3) is 5.99. The number of pyridine rings is 1. The lowest BCUT2D eigenvalue weighted by Gasteiger charge is -2.34. The SMILES string of the molecule is C[C@H](CO)N1C[C@H](C)[C@H](CN(C)Cc2ccncc2)Oc2ccc(N(C)C)cc2CC1=O. The third-order valence-corrected chi connectivity index (χ3v) is 6.11. The molecule has 2 heterocycles. The summed E-state index contributed by atoms with van der Waals surface area (Å²) in [4.78, 5) is 23.4. The summed E-state index contributed by atoms with van der Waals surface area (Å²) >= 11 is 0. The molecule has 0 saturated carbocycles. The highest BCUT2D eigenvalue weighted by Gasteiger charge is 2.31. The standard InChI is InChI=1S/C25H36N4O3/c1-18-14-29(19(2)17-30)25(31)13-21-12-22(27(3)4)6-7-23(21)32-24(18)16-28(5)15-20-8-10-26-11-9-20/h6-12,18-19,24,30H,13-17H2,1-5H3/t18-,19+,24-/m0/s1. The van der Waals surface area contributed by atoms with E-state index in [-0.39, 0.29) is 37.0 Å². The van der Waals surface area contributed by atoms with Crippen molar-refractivity contribution in [1.82, 2.24) is 14.8 Å². The van der Waals surface area contributed by atoms with Crippen LogP contribution in [0.5, 0.6) is 5.75 Å². The highest BCUT2D eigenvalue weighted by molar-refractivity contribution is 5.80. The van der Waals surface area contributed by atoms with Crippen LogP contribution in [0.25, 0.3) is 0 Å². The van der Waals surface area contributed by atoms with Crippen LogP contribution in [-0.2, 0) is 17.8 Å². The molecule has 174 valence electrons. The maximum Gasteiger partial charge on any atom is 0.227 e. The number of hydrogen-bond donors (Lipinski definition) is 1. The number of hydrogen-bond acceptors (Lipinski definition) is 6. The Morgan fingerprint density at radius 3 is 2.59 bits per heavy atom. The monoisotopic (exact) mass is 440 g/mol. The predicted octanol–water partition coefficient (Wildman–Crippen LogP) is 2.43. The molecule has 7 nitrogen and oxygen atoms in total. The molecule has 0 saturated heterocycles. The number of aromatic nitrogens is 1. The van der Waals surface area contributed by atoms with Gasteiger partial charge in [-0.2, -0.15) is 0 Å². The first-order valence-corrected chi connectivity index (χ1v) is 11.2. The van der Waals surface area contributed by atoms with Gasteiger partial charge < -0.3 is 19.6 Å². The summed E-state index contributed by atoms with van der Waals surface area (Å²) < 4.78 is 6.57. The number of carbonyl (C=O) groups excluding carboxylic acids is 1. The first kappa shape index (κ1) is 24.0. The largest absolute Gasteiger partial charge is 0.488 e. The van der Waals surface area contributed by atoms with Gasteiger partial charge in [-0.05, 0) is 49.9 Å². The second-order valence-corrected chi connectivity index (χ2v) is 9.13. The van der Waals surface area contributed by atoms with Crippen LogP contribution in [0.2, 0.25) is 0 Å². The van der Waals surface area contributed by atoms with Gasteiger partial charge in [0.2, 0.25) is 5.91 Å². The quantitative estimate of drug-likeness (QED) is 0.713. The Kier molecular flexibility index (Phi) is 8.10. The minimum absolute atomic E-state index is 0.0185. The number of ether oxygens (including phenoxy) is 1. The number of amides is 1. The smallest absolute Gasteiger partial charge is 0.227 e. The molecular formula is C25H36N4O3. The van der Waals surface area contributed by atoms with Crippen molar-refractivity contribution in [1.29, 1.82) is 0 Å². The average molecular weight is 441 g/mol. The molecule has 1 aromatic carbocycles. The van der Waals surface area contributed by atoms with Crippen molar-refractivity contribution >= 4 is 11.6 Å². The van der Waals surface area contributed by atoms with Crippen molar-refractivity contribution in [2.45, 2.75) is 39.0 Å². The Balaban J connectivity index is 1.89. The summed E-state index contributed by atoms with van der Waals surface area (Å²) in [5.74, 6) is 0.869. The number of likely N-dealkylation sites (N-methyl/N-ethyl adjacent to an activating group) is 1. The fourth-order valence-electron chi connectivity index (χ4n) is 4.08. The molecule has 0 spiro atoms. The molecule has 0 radical (unpaired) electrons. The Labute approximate surface area is 191 Å². The molecule has 0 aliphatic carbocycles. The predicted molar refractivity (Wildman–Crippen MR) is 127 cm³/mol. The second-order valence-electron chi connectivity index (χ2n) is 9.13. The van der Waals surface area contributed by atoms with Gasteiger partial charge in [-0.15, -0.1) is 0 Å². The highest BCUT2D eigenvalue weighted by Crippen LogP contribution is 2.30. The maximum absolute atomic E-state index is 13.2. The third-order valence-electron chi connectivity index (χ3n) is 6.11. The first-order chi connectivity index (χ1) is 15.3. The molecule has 0 bridgehead atoms. The van der Waals surface area contributed by atoms with Crippen LogP contribution in [0.3, 0.4) is 0 Å². The van der Waals surface area contributed by atoms with E-state index in [1.807, 2.05) is 56.3 Å².